The van der Waals surface area contributed by atoms with Crippen molar-refractivity contribution in [1.29, 1.82) is 0 Å². The van der Waals surface area contributed by atoms with Crippen LogP contribution in [-0.2, 0) is 16.0 Å². The Labute approximate surface area is 156 Å². The van der Waals surface area contributed by atoms with E-state index in [1.807, 2.05) is 55.5 Å². The van der Waals surface area contributed by atoms with Gasteiger partial charge in [-0.3, -0.25) is 9.59 Å². The Balaban J connectivity index is 1.58. The number of amides is 1. The number of ketones is 1. The van der Waals surface area contributed by atoms with Gasteiger partial charge in [0.15, 0.2) is 10.9 Å². The number of H-pyrrole nitrogens is 1. The normalized spacial score (nSPS) is 12.1. The fourth-order valence-corrected chi connectivity index (χ4v) is 3.38. The van der Waals surface area contributed by atoms with Gasteiger partial charge in [-0.15, -0.1) is 0 Å². The zero-order valence-electron chi connectivity index (χ0n) is 14.8. The van der Waals surface area contributed by atoms with Gasteiger partial charge in [-0.2, -0.15) is 0 Å². The lowest BCUT2D eigenvalue weighted by Crippen LogP contribution is -2.42. The minimum atomic E-state index is -0.510. The van der Waals surface area contributed by atoms with E-state index in [0.717, 1.165) is 22.2 Å². The van der Waals surface area contributed by atoms with Crippen molar-refractivity contribution < 1.29 is 9.59 Å². The average Bonchev–Trinajstić information content (AvgIpc) is 3.02. The van der Waals surface area contributed by atoms with Crippen molar-refractivity contribution >= 4 is 34.5 Å². The number of hydrogen-bond donors (Lipinski definition) is 2. The summed E-state index contributed by atoms with van der Waals surface area (Å²) in [5, 5.41) is 3.52. The first-order valence-corrected chi connectivity index (χ1v) is 9.43. The van der Waals surface area contributed by atoms with E-state index in [4.69, 9.17) is 0 Å². The minimum Gasteiger partial charge on any atom is -0.345 e. The molecule has 0 bridgehead atoms. The van der Waals surface area contributed by atoms with Crippen LogP contribution in [0.5, 0.6) is 0 Å². The summed E-state index contributed by atoms with van der Waals surface area (Å²) < 4.78 is 0. The second-order valence-corrected chi connectivity index (χ2v) is 7.24. The van der Waals surface area contributed by atoms with E-state index in [-0.39, 0.29) is 17.4 Å². The monoisotopic (exact) mass is 367 g/mol. The molecule has 3 rings (SSSR count). The molecule has 0 aliphatic heterocycles. The fourth-order valence-electron chi connectivity index (χ4n) is 2.68. The van der Waals surface area contributed by atoms with Crippen LogP contribution < -0.4 is 5.32 Å². The average molecular weight is 367 g/mol. The summed E-state index contributed by atoms with van der Waals surface area (Å²) >= 11 is 1.33. The zero-order chi connectivity index (χ0) is 18.5. The number of nitrogens with zero attached hydrogens (tertiary/aromatic N) is 1. The largest absolute Gasteiger partial charge is 0.345 e. The standard InChI is InChI=1S/C20H21N3O2S/c1-13-8-9-16-18(10-13)23-20(22-16)26-12-19(25)21-17(14(2)24)11-15-6-4-3-5-7-15/h3-10,17H,11-12H2,1-2H3,(H,21,25)(H,22,23). The number of rotatable bonds is 7. The molecular formula is C20H21N3O2S. The van der Waals surface area contributed by atoms with Gasteiger partial charge in [-0.1, -0.05) is 48.2 Å². The van der Waals surface area contributed by atoms with Crippen molar-refractivity contribution in [3.05, 3.63) is 59.7 Å². The summed E-state index contributed by atoms with van der Waals surface area (Å²) in [6, 6.07) is 15.2. The van der Waals surface area contributed by atoms with Crippen LogP contribution in [0.3, 0.4) is 0 Å². The highest BCUT2D eigenvalue weighted by molar-refractivity contribution is 7.99. The van der Waals surface area contributed by atoms with Crippen molar-refractivity contribution in [2.45, 2.75) is 31.5 Å². The number of hydrogen-bond acceptors (Lipinski definition) is 4. The maximum Gasteiger partial charge on any atom is 0.231 e. The Morgan fingerprint density at radius 1 is 1.19 bits per heavy atom. The molecule has 1 aromatic heterocycles. The number of thioether (sulfide) groups is 1. The Hall–Kier alpha value is -2.60. The summed E-state index contributed by atoms with van der Waals surface area (Å²) in [7, 11) is 0. The number of nitrogens with one attached hydrogen (secondary N) is 2. The SMILES string of the molecule is CC(=O)C(Cc1ccccc1)NC(=O)CSc1nc2ccc(C)cc2[nH]1. The van der Waals surface area contributed by atoms with Gasteiger partial charge in [-0.05, 0) is 43.5 Å². The number of carbonyl (C=O) groups is 2. The van der Waals surface area contributed by atoms with E-state index in [1.165, 1.54) is 18.7 Å². The van der Waals surface area contributed by atoms with Gasteiger partial charge in [-0.25, -0.2) is 4.98 Å². The zero-order valence-corrected chi connectivity index (χ0v) is 15.6. The van der Waals surface area contributed by atoms with Crippen molar-refractivity contribution in [3.63, 3.8) is 0 Å². The molecule has 0 saturated carbocycles. The lowest BCUT2D eigenvalue weighted by Gasteiger charge is -2.15. The first-order chi connectivity index (χ1) is 12.5. The Morgan fingerprint density at radius 2 is 1.96 bits per heavy atom. The topological polar surface area (TPSA) is 74.8 Å². The highest BCUT2D eigenvalue weighted by atomic mass is 32.2. The van der Waals surface area contributed by atoms with Gasteiger partial charge in [0, 0.05) is 0 Å². The summed E-state index contributed by atoms with van der Waals surface area (Å²) in [5.74, 6) is -0.0219. The number of imidazole rings is 1. The predicted octanol–water partition coefficient (Wildman–Crippen LogP) is 3.28. The van der Waals surface area contributed by atoms with Crippen LogP contribution in [0.15, 0.2) is 53.7 Å². The van der Waals surface area contributed by atoms with Crippen molar-refractivity contribution in [2.75, 3.05) is 5.75 Å². The molecule has 3 aromatic rings. The summed E-state index contributed by atoms with van der Waals surface area (Å²) in [5.41, 5.74) is 4.01. The molecule has 1 atom stereocenters. The molecule has 1 amide bonds. The van der Waals surface area contributed by atoms with Gasteiger partial charge in [0.2, 0.25) is 5.91 Å². The first kappa shape index (κ1) is 18.2. The van der Waals surface area contributed by atoms with Crippen LogP contribution in [-0.4, -0.2) is 33.5 Å². The van der Waals surface area contributed by atoms with E-state index in [1.54, 1.807) is 0 Å². The molecule has 1 unspecified atom stereocenters. The highest BCUT2D eigenvalue weighted by Crippen LogP contribution is 2.20. The maximum atomic E-state index is 12.3. The molecule has 0 saturated heterocycles. The molecule has 0 aliphatic carbocycles. The van der Waals surface area contributed by atoms with Crippen LogP contribution in [0.4, 0.5) is 0 Å². The van der Waals surface area contributed by atoms with E-state index >= 15 is 0 Å². The summed E-state index contributed by atoms with van der Waals surface area (Å²) in [6.07, 6.45) is 0.497. The smallest absolute Gasteiger partial charge is 0.231 e. The third kappa shape index (κ3) is 4.73. The highest BCUT2D eigenvalue weighted by Gasteiger charge is 2.18. The van der Waals surface area contributed by atoms with E-state index in [9.17, 15) is 9.59 Å². The van der Waals surface area contributed by atoms with Crippen molar-refractivity contribution in [1.82, 2.24) is 15.3 Å². The summed E-state index contributed by atoms with van der Waals surface area (Å²) in [6.45, 7) is 3.53. The van der Waals surface area contributed by atoms with Crippen LogP contribution in [0, 0.1) is 6.92 Å². The van der Waals surface area contributed by atoms with E-state index < -0.39 is 6.04 Å². The predicted molar refractivity (Wildman–Crippen MR) is 104 cm³/mol. The molecule has 5 nitrogen and oxygen atoms in total. The molecule has 0 aliphatic rings. The molecule has 2 aromatic carbocycles. The van der Waals surface area contributed by atoms with Crippen molar-refractivity contribution in [2.24, 2.45) is 0 Å². The Bertz CT molecular complexity index is 921. The Morgan fingerprint density at radius 3 is 2.69 bits per heavy atom. The number of carbonyl (C=O) groups excluding carboxylic acids is 2. The van der Waals surface area contributed by atoms with Gasteiger partial charge < -0.3 is 10.3 Å². The molecule has 26 heavy (non-hydrogen) atoms. The Kier molecular flexibility index (Phi) is 5.73. The molecular weight excluding hydrogens is 346 g/mol. The lowest BCUT2D eigenvalue weighted by molar-refractivity contribution is -0.125. The number of benzene rings is 2. The third-order valence-corrected chi connectivity index (χ3v) is 4.94. The van der Waals surface area contributed by atoms with Gasteiger partial charge in [0.1, 0.15) is 0 Å². The van der Waals surface area contributed by atoms with Crippen LogP contribution in [0.2, 0.25) is 0 Å². The number of Topliss-reactive ketones (excluding diaryl/α,β-unsaturated/α-hetero) is 1. The van der Waals surface area contributed by atoms with Gasteiger partial charge in [0.25, 0.3) is 0 Å². The number of aromatic amines is 1. The van der Waals surface area contributed by atoms with Gasteiger partial charge >= 0.3 is 0 Å². The summed E-state index contributed by atoms with van der Waals surface area (Å²) in [4.78, 5) is 31.8. The van der Waals surface area contributed by atoms with E-state index in [2.05, 4.69) is 15.3 Å². The minimum absolute atomic E-state index is 0.0496. The number of aryl methyl sites for hydroxylation is 1. The fraction of sp³-hybridized carbons (Fsp3) is 0.250. The van der Waals surface area contributed by atoms with Gasteiger partial charge in [0.05, 0.1) is 22.8 Å². The third-order valence-electron chi connectivity index (χ3n) is 4.06. The maximum absolute atomic E-state index is 12.3. The lowest BCUT2D eigenvalue weighted by atomic mass is 10.0. The second kappa shape index (κ2) is 8.19. The van der Waals surface area contributed by atoms with E-state index in [0.29, 0.717) is 11.6 Å². The quantitative estimate of drug-likeness (QED) is 0.629. The molecule has 0 radical (unpaired) electrons. The first-order valence-electron chi connectivity index (χ1n) is 8.44. The van der Waals surface area contributed by atoms with Crippen LogP contribution in [0.1, 0.15) is 18.1 Å². The molecule has 134 valence electrons. The molecule has 1 heterocycles. The molecule has 0 spiro atoms. The van der Waals surface area contributed by atoms with Crippen LogP contribution in [0.25, 0.3) is 11.0 Å². The molecule has 2 N–H and O–H groups in total. The number of aromatic nitrogens is 2. The second-order valence-electron chi connectivity index (χ2n) is 6.27. The van der Waals surface area contributed by atoms with Crippen molar-refractivity contribution in [3.8, 4) is 0 Å². The molecule has 6 heteroatoms. The number of fused-ring (bicyclic) bond motifs is 1. The molecule has 0 fully saturated rings. The van der Waals surface area contributed by atoms with Crippen LogP contribution >= 0.6 is 11.8 Å².